The Bertz CT molecular complexity index is 584. The summed E-state index contributed by atoms with van der Waals surface area (Å²) < 4.78 is 10.9. The van der Waals surface area contributed by atoms with Crippen molar-refractivity contribution in [3.8, 4) is 11.5 Å². The van der Waals surface area contributed by atoms with Gasteiger partial charge in [0.2, 0.25) is 0 Å². The molecule has 1 N–H and O–H groups in total. The molecule has 0 aliphatic carbocycles. The molecule has 1 aromatic heterocycles. The lowest BCUT2D eigenvalue weighted by molar-refractivity contribution is 0.0684. The van der Waals surface area contributed by atoms with Crippen LogP contribution in [-0.2, 0) is 0 Å². The zero-order valence-corrected chi connectivity index (χ0v) is 11.1. The Morgan fingerprint density at radius 3 is 2.50 bits per heavy atom. The van der Waals surface area contributed by atoms with E-state index in [1.807, 2.05) is 30.3 Å². The summed E-state index contributed by atoms with van der Waals surface area (Å²) in [5.41, 5.74) is 0.556. The summed E-state index contributed by atoms with van der Waals surface area (Å²) >= 11 is 0. The van der Waals surface area contributed by atoms with Crippen molar-refractivity contribution in [2.24, 2.45) is 0 Å². The number of para-hydroxylation sites is 1. The fourth-order valence-electron chi connectivity index (χ4n) is 1.64. The minimum Gasteiger partial charge on any atom is -0.490 e. The molecule has 5 nitrogen and oxygen atoms in total. The van der Waals surface area contributed by atoms with E-state index in [1.165, 1.54) is 0 Å². The van der Waals surface area contributed by atoms with Gasteiger partial charge in [-0.1, -0.05) is 18.2 Å². The highest BCUT2D eigenvalue weighted by molar-refractivity contribution is 5.88. The smallest absolute Gasteiger partial charge is 0.358 e. The highest BCUT2D eigenvalue weighted by atomic mass is 16.5. The van der Waals surface area contributed by atoms with Crippen LogP contribution in [0.3, 0.4) is 0 Å². The number of benzene rings is 1. The van der Waals surface area contributed by atoms with E-state index in [9.17, 15) is 4.79 Å². The quantitative estimate of drug-likeness (QED) is 0.819. The van der Waals surface area contributed by atoms with Gasteiger partial charge in [-0.3, -0.25) is 0 Å². The third-order valence-electron chi connectivity index (χ3n) is 2.55. The van der Waals surface area contributed by atoms with Gasteiger partial charge in [0.15, 0.2) is 11.4 Å². The first-order valence-corrected chi connectivity index (χ1v) is 6.18. The van der Waals surface area contributed by atoms with Gasteiger partial charge in [-0.2, -0.15) is 0 Å². The summed E-state index contributed by atoms with van der Waals surface area (Å²) in [4.78, 5) is 15.0. The van der Waals surface area contributed by atoms with Crippen molar-refractivity contribution in [2.75, 3.05) is 13.2 Å². The SMILES string of the molecule is Cc1ccc(OCCOc2ccccc2)c(C(=O)O)n1. The number of carboxylic acid groups (broad SMARTS) is 1. The first-order valence-electron chi connectivity index (χ1n) is 6.18. The molecule has 104 valence electrons. The minimum atomic E-state index is -1.10. The average Bonchev–Trinajstić information content (AvgIpc) is 2.45. The molecule has 0 fully saturated rings. The summed E-state index contributed by atoms with van der Waals surface area (Å²) in [6.07, 6.45) is 0. The molecular formula is C15H15NO4. The van der Waals surface area contributed by atoms with E-state index in [0.29, 0.717) is 12.3 Å². The molecule has 0 radical (unpaired) electrons. The summed E-state index contributed by atoms with van der Waals surface area (Å²) in [5.74, 6) is -0.107. The molecule has 20 heavy (non-hydrogen) atoms. The lowest BCUT2D eigenvalue weighted by atomic mass is 10.3. The second kappa shape index (κ2) is 6.56. The van der Waals surface area contributed by atoms with Gasteiger partial charge >= 0.3 is 5.97 Å². The van der Waals surface area contributed by atoms with Crippen molar-refractivity contribution in [3.63, 3.8) is 0 Å². The van der Waals surface area contributed by atoms with E-state index in [0.717, 1.165) is 5.75 Å². The van der Waals surface area contributed by atoms with Crippen LogP contribution in [0.1, 0.15) is 16.2 Å². The third-order valence-corrected chi connectivity index (χ3v) is 2.55. The molecule has 1 aromatic carbocycles. The van der Waals surface area contributed by atoms with Gasteiger partial charge in [-0.25, -0.2) is 9.78 Å². The Balaban J connectivity index is 1.90. The summed E-state index contributed by atoms with van der Waals surface area (Å²) in [7, 11) is 0. The number of hydrogen-bond acceptors (Lipinski definition) is 4. The molecule has 0 atom stereocenters. The van der Waals surface area contributed by atoms with Crippen LogP contribution in [0.25, 0.3) is 0 Å². The first kappa shape index (κ1) is 13.9. The molecule has 2 rings (SSSR count). The number of pyridine rings is 1. The molecule has 0 aliphatic rings. The van der Waals surface area contributed by atoms with Gasteiger partial charge in [-0.05, 0) is 31.2 Å². The molecule has 0 aliphatic heterocycles. The van der Waals surface area contributed by atoms with Crippen molar-refractivity contribution in [2.45, 2.75) is 6.92 Å². The molecule has 0 bridgehead atoms. The van der Waals surface area contributed by atoms with Crippen molar-refractivity contribution >= 4 is 5.97 Å². The number of aryl methyl sites for hydroxylation is 1. The van der Waals surface area contributed by atoms with E-state index in [-0.39, 0.29) is 18.1 Å². The summed E-state index contributed by atoms with van der Waals surface area (Å²) in [5, 5.41) is 9.05. The van der Waals surface area contributed by atoms with Crippen molar-refractivity contribution in [3.05, 3.63) is 53.9 Å². The Kier molecular flexibility index (Phi) is 4.55. The second-order valence-electron chi connectivity index (χ2n) is 4.11. The zero-order valence-electron chi connectivity index (χ0n) is 11.1. The lowest BCUT2D eigenvalue weighted by Gasteiger charge is -2.10. The summed E-state index contributed by atoms with van der Waals surface area (Å²) in [6, 6.07) is 12.7. The van der Waals surface area contributed by atoms with Crippen molar-refractivity contribution < 1.29 is 19.4 Å². The maximum absolute atomic E-state index is 11.1. The maximum atomic E-state index is 11.1. The van der Waals surface area contributed by atoms with Crippen molar-refractivity contribution in [1.82, 2.24) is 4.98 Å². The number of carboxylic acids is 1. The van der Waals surface area contributed by atoms with Crippen LogP contribution in [0.2, 0.25) is 0 Å². The lowest BCUT2D eigenvalue weighted by Crippen LogP contribution is -2.12. The van der Waals surface area contributed by atoms with E-state index < -0.39 is 5.97 Å². The van der Waals surface area contributed by atoms with E-state index in [1.54, 1.807) is 19.1 Å². The fraction of sp³-hybridized carbons (Fsp3) is 0.200. The van der Waals surface area contributed by atoms with Gasteiger partial charge < -0.3 is 14.6 Å². The second-order valence-corrected chi connectivity index (χ2v) is 4.11. The molecule has 0 unspecified atom stereocenters. The predicted octanol–water partition coefficient (Wildman–Crippen LogP) is 2.55. The molecule has 0 amide bonds. The zero-order chi connectivity index (χ0) is 14.4. The summed E-state index contributed by atoms with van der Waals surface area (Å²) in [6.45, 7) is 2.31. The predicted molar refractivity (Wildman–Crippen MR) is 73.4 cm³/mol. The van der Waals surface area contributed by atoms with Crippen LogP contribution in [0.5, 0.6) is 11.5 Å². The Morgan fingerprint density at radius 2 is 1.80 bits per heavy atom. The molecule has 5 heteroatoms. The van der Waals surface area contributed by atoms with Crippen LogP contribution >= 0.6 is 0 Å². The third kappa shape index (κ3) is 3.71. The van der Waals surface area contributed by atoms with Gasteiger partial charge in [0.1, 0.15) is 19.0 Å². The number of hydrogen-bond donors (Lipinski definition) is 1. The number of ether oxygens (including phenoxy) is 2. The van der Waals surface area contributed by atoms with Crippen LogP contribution in [0.15, 0.2) is 42.5 Å². The van der Waals surface area contributed by atoms with E-state index >= 15 is 0 Å². The maximum Gasteiger partial charge on any atom is 0.358 e. The van der Waals surface area contributed by atoms with E-state index in [4.69, 9.17) is 14.6 Å². The van der Waals surface area contributed by atoms with Crippen LogP contribution in [0, 0.1) is 6.92 Å². The standard InChI is InChI=1S/C15H15NO4/c1-11-7-8-13(14(16-11)15(17)18)20-10-9-19-12-5-3-2-4-6-12/h2-8H,9-10H2,1H3,(H,17,18). The number of aromatic carboxylic acids is 1. The topological polar surface area (TPSA) is 68.7 Å². The number of nitrogens with zero attached hydrogens (tertiary/aromatic N) is 1. The first-order chi connectivity index (χ1) is 9.66. The fourth-order valence-corrected chi connectivity index (χ4v) is 1.64. The van der Waals surface area contributed by atoms with Crippen LogP contribution < -0.4 is 9.47 Å². The average molecular weight is 273 g/mol. The number of carbonyl (C=O) groups is 1. The van der Waals surface area contributed by atoms with Crippen molar-refractivity contribution in [1.29, 1.82) is 0 Å². The largest absolute Gasteiger partial charge is 0.490 e. The highest BCUT2D eigenvalue weighted by Gasteiger charge is 2.13. The molecule has 0 saturated heterocycles. The van der Waals surface area contributed by atoms with Gasteiger partial charge in [0.25, 0.3) is 0 Å². The monoisotopic (exact) mass is 273 g/mol. The van der Waals surface area contributed by atoms with E-state index in [2.05, 4.69) is 4.98 Å². The Morgan fingerprint density at radius 1 is 1.10 bits per heavy atom. The van der Waals surface area contributed by atoms with Gasteiger partial charge in [0, 0.05) is 5.69 Å². The Hall–Kier alpha value is -2.56. The normalized spacial score (nSPS) is 10.1. The highest BCUT2D eigenvalue weighted by Crippen LogP contribution is 2.17. The molecule has 0 saturated carbocycles. The van der Waals surface area contributed by atoms with Crippen LogP contribution in [-0.4, -0.2) is 29.3 Å². The van der Waals surface area contributed by atoms with Gasteiger partial charge in [0.05, 0.1) is 0 Å². The number of aromatic nitrogens is 1. The molecule has 0 spiro atoms. The molecular weight excluding hydrogens is 258 g/mol. The molecule has 2 aromatic rings. The Labute approximate surface area is 116 Å². The molecule has 1 heterocycles. The van der Waals surface area contributed by atoms with Crippen LogP contribution in [0.4, 0.5) is 0 Å². The minimum absolute atomic E-state index is 0.0790. The van der Waals surface area contributed by atoms with Gasteiger partial charge in [-0.15, -0.1) is 0 Å². The number of rotatable bonds is 6.